The minimum atomic E-state index is -0.533. The van der Waals surface area contributed by atoms with E-state index in [1.54, 1.807) is 10.7 Å². The number of aromatic nitrogens is 4. The lowest BCUT2D eigenvalue weighted by atomic mass is 9.90. The molecule has 39 heavy (non-hydrogen) atoms. The smallest absolute Gasteiger partial charge is 0.343 e. The largest absolute Gasteiger partial charge is 0.424 e. The van der Waals surface area contributed by atoms with Crippen LogP contribution in [0.15, 0.2) is 64.1 Å². The topological polar surface area (TPSA) is 118 Å². The van der Waals surface area contributed by atoms with Crippen LogP contribution >= 0.6 is 22.6 Å². The van der Waals surface area contributed by atoms with Crippen molar-refractivity contribution in [3.8, 4) is 11.1 Å². The molecule has 2 N–H and O–H groups in total. The van der Waals surface area contributed by atoms with Crippen molar-refractivity contribution in [1.29, 1.82) is 0 Å². The molecule has 200 valence electrons. The Balaban J connectivity index is 1.56. The second-order valence-electron chi connectivity index (χ2n) is 10.8. The van der Waals surface area contributed by atoms with Crippen molar-refractivity contribution >= 4 is 50.2 Å². The summed E-state index contributed by atoms with van der Waals surface area (Å²) in [5, 5.41) is 6.64. The molecule has 1 atom stereocenters. The molecule has 2 aromatic carbocycles. The van der Waals surface area contributed by atoms with E-state index >= 15 is 0 Å². The number of nitrogens with zero attached hydrogens (tertiary/aromatic N) is 4. The van der Waals surface area contributed by atoms with Gasteiger partial charge in [0.05, 0.1) is 22.0 Å². The Bertz CT molecular complexity index is 1790. The van der Waals surface area contributed by atoms with Gasteiger partial charge in [0.25, 0.3) is 0 Å². The van der Waals surface area contributed by atoms with Gasteiger partial charge in [0.15, 0.2) is 11.9 Å². The monoisotopic (exact) mass is 637 g/mol. The number of rotatable bonds is 4. The fourth-order valence-corrected chi connectivity index (χ4v) is 5.71. The van der Waals surface area contributed by atoms with Crippen molar-refractivity contribution in [2.45, 2.75) is 58.2 Å². The van der Waals surface area contributed by atoms with Gasteiger partial charge >= 0.3 is 5.63 Å². The Morgan fingerprint density at radius 1 is 1.00 bits per heavy atom. The third-order valence-corrected chi connectivity index (χ3v) is 8.54. The highest BCUT2D eigenvalue weighted by Crippen LogP contribution is 2.46. The van der Waals surface area contributed by atoms with E-state index in [1.165, 1.54) is 6.33 Å². The Morgan fingerprint density at radius 3 is 2.41 bits per heavy atom. The van der Waals surface area contributed by atoms with E-state index in [2.05, 4.69) is 32.6 Å². The first-order chi connectivity index (χ1) is 18.5. The Kier molecular flexibility index (Phi) is 6.05. The number of halogens is 1. The summed E-state index contributed by atoms with van der Waals surface area (Å²) in [5.74, 6) is 0.806. The molecule has 5 aromatic rings. The average Bonchev–Trinajstić information content (AvgIpc) is 3.36. The van der Waals surface area contributed by atoms with Gasteiger partial charge in [-0.25, -0.2) is 19.4 Å². The van der Waals surface area contributed by atoms with Crippen molar-refractivity contribution in [3.63, 3.8) is 0 Å². The molecule has 0 aliphatic carbocycles. The molecule has 4 heterocycles. The van der Waals surface area contributed by atoms with Crippen LogP contribution in [0.25, 0.3) is 32.9 Å². The molecule has 0 radical (unpaired) electrons. The number of hydrogen-bond donors (Lipinski definition) is 1. The lowest BCUT2D eigenvalue weighted by Crippen LogP contribution is -2.41. The average molecular weight is 637 g/mol. The minimum Gasteiger partial charge on any atom is -0.424 e. The summed E-state index contributed by atoms with van der Waals surface area (Å²) in [7, 11) is 0. The number of ether oxygens (including phenoxy) is 2. The maximum Gasteiger partial charge on any atom is 0.343 e. The van der Waals surface area contributed by atoms with Gasteiger partial charge in [0.2, 0.25) is 0 Å². The second-order valence-corrected chi connectivity index (χ2v) is 11.8. The van der Waals surface area contributed by atoms with Crippen LogP contribution in [0.2, 0.25) is 0 Å². The highest BCUT2D eigenvalue weighted by molar-refractivity contribution is 14.1. The Hall–Kier alpha value is -3.35. The lowest BCUT2D eigenvalue weighted by molar-refractivity contribution is -0.0895. The van der Waals surface area contributed by atoms with Crippen molar-refractivity contribution in [2.24, 2.45) is 0 Å². The first kappa shape index (κ1) is 25.9. The Labute approximate surface area is 238 Å². The molecular formula is C29H28IN5O4. The van der Waals surface area contributed by atoms with E-state index in [0.717, 1.165) is 22.1 Å². The highest BCUT2D eigenvalue weighted by Gasteiger charge is 2.49. The van der Waals surface area contributed by atoms with Gasteiger partial charge < -0.3 is 19.6 Å². The highest BCUT2D eigenvalue weighted by atomic mass is 127. The van der Waals surface area contributed by atoms with Gasteiger partial charge in [0.1, 0.15) is 27.6 Å². The molecule has 1 unspecified atom stereocenters. The summed E-state index contributed by atoms with van der Waals surface area (Å²) in [6, 6.07) is 14.9. The van der Waals surface area contributed by atoms with Crippen LogP contribution in [0.3, 0.4) is 0 Å². The Morgan fingerprint density at radius 2 is 1.69 bits per heavy atom. The molecule has 1 aliphatic heterocycles. The minimum absolute atomic E-state index is 0.346. The molecule has 0 bridgehead atoms. The summed E-state index contributed by atoms with van der Waals surface area (Å²) in [6.45, 7) is 10.0. The molecule has 1 aliphatic rings. The van der Waals surface area contributed by atoms with Crippen molar-refractivity contribution in [1.82, 2.24) is 19.7 Å². The van der Waals surface area contributed by atoms with Gasteiger partial charge in [-0.15, -0.1) is 0 Å². The zero-order valence-corrected chi connectivity index (χ0v) is 24.4. The van der Waals surface area contributed by atoms with Gasteiger partial charge in [-0.3, -0.25) is 0 Å². The molecular weight excluding hydrogens is 609 g/mol. The third kappa shape index (κ3) is 4.12. The fourth-order valence-electron chi connectivity index (χ4n) is 4.96. The van der Waals surface area contributed by atoms with Crippen LogP contribution in [0.1, 0.15) is 58.3 Å². The quantitative estimate of drug-likeness (QED) is 0.239. The predicted octanol–water partition coefficient (Wildman–Crippen LogP) is 6.00. The van der Waals surface area contributed by atoms with E-state index in [-0.39, 0.29) is 0 Å². The normalized spacial score (nSPS) is 17.7. The van der Waals surface area contributed by atoms with Crippen LogP contribution in [-0.2, 0) is 9.47 Å². The van der Waals surface area contributed by atoms with Crippen LogP contribution < -0.4 is 11.4 Å². The molecule has 9 nitrogen and oxygen atoms in total. The summed E-state index contributed by atoms with van der Waals surface area (Å²) in [5.41, 5.74) is 7.87. The molecule has 10 heteroatoms. The van der Waals surface area contributed by atoms with Crippen molar-refractivity contribution in [2.75, 3.05) is 5.73 Å². The summed E-state index contributed by atoms with van der Waals surface area (Å²) >= 11 is 2.12. The number of hydrogen-bond acceptors (Lipinski definition) is 8. The second kappa shape index (κ2) is 9.10. The van der Waals surface area contributed by atoms with Crippen molar-refractivity contribution in [3.05, 3.63) is 80.3 Å². The van der Waals surface area contributed by atoms with Crippen LogP contribution in [0.5, 0.6) is 0 Å². The molecule has 0 saturated carbocycles. The van der Waals surface area contributed by atoms with Crippen LogP contribution in [0, 0.1) is 3.70 Å². The van der Waals surface area contributed by atoms with E-state index < -0.39 is 29.2 Å². The predicted molar refractivity (Wildman–Crippen MR) is 157 cm³/mol. The summed E-state index contributed by atoms with van der Waals surface area (Å²) < 4.78 is 21.1. The fraction of sp³-hybridized carbons (Fsp3) is 0.310. The molecule has 6 rings (SSSR count). The molecule has 0 spiro atoms. The number of nitrogen functional groups attached to an aromatic ring is 1. The zero-order chi connectivity index (χ0) is 27.7. The van der Waals surface area contributed by atoms with E-state index in [0.29, 0.717) is 31.7 Å². The van der Waals surface area contributed by atoms with E-state index in [9.17, 15) is 4.79 Å². The first-order valence-electron chi connectivity index (χ1n) is 12.6. The number of fused-ring (bicyclic) bond motifs is 2. The zero-order valence-electron chi connectivity index (χ0n) is 22.2. The summed E-state index contributed by atoms with van der Waals surface area (Å²) in [4.78, 5) is 21.7. The van der Waals surface area contributed by atoms with E-state index in [4.69, 9.17) is 24.7 Å². The first-order valence-corrected chi connectivity index (χ1v) is 13.7. The van der Waals surface area contributed by atoms with Crippen molar-refractivity contribution < 1.29 is 13.9 Å². The van der Waals surface area contributed by atoms with Gasteiger partial charge in [-0.1, -0.05) is 36.4 Å². The van der Waals surface area contributed by atoms with Gasteiger partial charge in [-0.2, -0.15) is 5.10 Å². The molecule has 1 saturated heterocycles. The standard InChI is InChI=1S/C29H28IN5O4/c1-15(35-25-21(23(30)34-35)24(31)32-14-33-25)22-20(18-11-6-7-12-19(18)26(36)37-22)16-9-8-10-17(13-16)27-38-28(2,3)29(4,5)39-27/h6-15,27H,1-5H3,(H2,31,32,33). The number of nitrogens with two attached hydrogens (primary N) is 1. The molecule has 1 fully saturated rings. The number of anilines is 1. The van der Waals surface area contributed by atoms with E-state index in [1.807, 2.05) is 77.1 Å². The number of benzene rings is 2. The van der Waals surface area contributed by atoms with Gasteiger partial charge in [-0.05, 0) is 74.9 Å². The molecule has 3 aromatic heterocycles. The van der Waals surface area contributed by atoms with Gasteiger partial charge in [0, 0.05) is 16.5 Å². The maximum atomic E-state index is 13.2. The van der Waals surface area contributed by atoms with Crippen LogP contribution in [-0.4, -0.2) is 31.0 Å². The third-order valence-electron chi connectivity index (χ3n) is 7.79. The molecule has 0 amide bonds. The maximum absolute atomic E-state index is 13.2. The van der Waals surface area contributed by atoms with Crippen LogP contribution in [0.4, 0.5) is 5.82 Å². The summed E-state index contributed by atoms with van der Waals surface area (Å²) in [6.07, 6.45) is 0.874. The lowest BCUT2D eigenvalue weighted by Gasteiger charge is -2.30. The SMILES string of the molecule is CC(c1oc(=O)c2ccccc2c1-c1cccc(C2OC(C)(C)C(C)(C)O2)c1)n1nc(I)c2c(N)ncnc21.